The molecule has 24 heavy (non-hydrogen) atoms. The summed E-state index contributed by atoms with van der Waals surface area (Å²) in [5.74, 6) is 1.85. The molecule has 3 rings (SSSR count). The Labute approximate surface area is 146 Å². The number of amides is 1. The molecule has 1 aliphatic carbocycles. The lowest BCUT2D eigenvalue weighted by Crippen LogP contribution is -2.56. The van der Waals surface area contributed by atoms with Crippen LogP contribution in [0.1, 0.15) is 58.8 Å². The molecule has 0 bridgehead atoms. The number of carbonyl (C=O) groups is 1. The number of hydrogen-bond donors (Lipinski definition) is 1. The lowest BCUT2D eigenvalue weighted by Gasteiger charge is -2.43. The van der Waals surface area contributed by atoms with Crippen LogP contribution in [-0.2, 0) is 4.79 Å². The van der Waals surface area contributed by atoms with Gasteiger partial charge in [-0.05, 0) is 49.7 Å². The van der Waals surface area contributed by atoms with Gasteiger partial charge in [0.25, 0.3) is 0 Å². The van der Waals surface area contributed by atoms with Gasteiger partial charge in [-0.2, -0.15) is 0 Å². The Hall–Kier alpha value is -1.51. The molecule has 2 aliphatic rings. The number of anilines is 1. The van der Waals surface area contributed by atoms with Crippen LogP contribution in [0, 0.1) is 11.8 Å². The molecule has 1 amide bonds. The number of nitrogens with one attached hydrogen (secondary N) is 1. The molecule has 0 radical (unpaired) electrons. The third-order valence-electron chi connectivity index (χ3n) is 6.04. The van der Waals surface area contributed by atoms with Crippen LogP contribution in [0.25, 0.3) is 0 Å². The van der Waals surface area contributed by atoms with Gasteiger partial charge in [0, 0.05) is 18.8 Å². The van der Waals surface area contributed by atoms with Crippen molar-refractivity contribution in [1.82, 2.24) is 4.90 Å². The molecule has 1 aromatic rings. The Kier molecular flexibility index (Phi) is 5.47. The van der Waals surface area contributed by atoms with Crippen molar-refractivity contribution in [3.63, 3.8) is 0 Å². The first-order valence-electron chi connectivity index (χ1n) is 9.73. The van der Waals surface area contributed by atoms with Crippen LogP contribution in [0.2, 0.25) is 0 Å². The van der Waals surface area contributed by atoms with Crippen molar-refractivity contribution in [2.45, 2.75) is 64.3 Å². The van der Waals surface area contributed by atoms with Crippen LogP contribution in [0.4, 0.5) is 5.69 Å². The maximum absolute atomic E-state index is 13.4. The number of benzene rings is 1. The second kappa shape index (κ2) is 7.58. The summed E-state index contributed by atoms with van der Waals surface area (Å²) in [6, 6.07) is 10.3. The lowest BCUT2D eigenvalue weighted by molar-refractivity contribution is -0.138. The average molecular weight is 329 g/mol. The molecular weight excluding hydrogens is 296 g/mol. The third kappa shape index (κ3) is 3.76. The predicted molar refractivity (Wildman–Crippen MR) is 100 cm³/mol. The maximum atomic E-state index is 13.4. The van der Waals surface area contributed by atoms with Crippen molar-refractivity contribution < 1.29 is 4.79 Å². The number of likely N-dealkylation sites (tertiary alicyclic amines) is 1. The largest absolute Gasteiger partial charge is 0.371 e. The SMILES string of the molecule is CC(C)C1CCN(C(=O)C2(Nc3ccccc3)CCCCC2)CC1. The van der Waals surface area contributed by atoms with E-state index in [1.165, 1.54) is 6.42 Å². The Bertz CT molecular complexity index is 526. The molecule has 1 saturated heterocycles. The van der Waals surface area contributed by atoms with E-state index in [0.29, 0.717) is 5.91 Å². The first-order chi connectivity index (χ1) is 11.6. The first-order valence-corrected chi connectivity index (χ1v) is 9.73. The summed E-state index contributed by atoms with van der Waals surface area (Å²) in [4.78, 5) is 15.6. The van der Waals surface area contributed by atoms with Gasteiger partial charge in [-0.1, -0.05) is 51.3 Å². The summed E-state index contributed by atoms with van der Waals surface area (Å²) in [6.45, 7) is 6.48. The molecule has 2 fully saturated rings. The smallest absolute Gasteiger partial charge is 0.248 e. The van der Waals surface area contributed by atoms with Gasteiger partial charge in [-0.3, -0.25) is 4.79 Å². The Morgan fingerprint density at radius 3 is 2.29 bits per heavy atom. The number of hydrogen-bond acceptors (Lipinski definition) is 2. The topological polar surface area (TPSA) is 32.3 Å². The Morgan fingerprint density at radius 2 is 1.71 bits per heavy atom. The summed E-state index contributed by atoms with van der Waals surface area (Å²) >= 11 is 0. The van der Waals surface area contributed by atoms with Gasteiger partial charge in [0.15, 0.2) is 0 Å². The summed E-state index contributed by atoms with van der Waals surface area (Å²) in [5, 5.41) is 3.63. The summed E-state index contributed by atoms with van der Waals surface area (Å²) in [7, 11) is 0. The Balaban J connectivity index is 1.72. The highest BCUT2D eigenvalue weighted by atomic mass is 16.2. The molecule has 0 spiro atoms. The van der Waals surface area contributed by atoms with Crippen molar-refractivity contribution in [1.29, 1.82) is 0 Å². The highest BCUT2D eigenvalue weighted by Crippen LogP contribution is 2.35. The predicted octanol–water partition coefficient (Wildman–Crippen LogP) is 4.70. The van der Waals surface area contributed by atoms with Crippen molar-refractivity contribution in [3.05, 3.63) is 30.3 Å². The summed E-state index contributed by atoms with van der Waals surface area (Å²) in [6.07, 6.45) is 7.79. The monoisotopic (exact) mass is 328 g/mol. The van der Waals surface area contributed by atoms with Gasteiger partial charge in [0.1, 0.15) is 5.54 Å². The zero-order valence-electron chi connectivity index (χ0n) is 15.3. The van der Waals surface area contributed by atoms with Gasteiger partial charge in [-0.25, -0.2) is 0 Å². The lowest BCUT2D eigenvalue weighted by atomic mass is 9.79. The van der Waals surface area contributed by atoms with Crippen LogP contribution < -0.4 is 5.32 Å². The molecule has 1 aromatic carbocycles. The molecule has 0 aromatic heterocycles. The first kappa shape index (κ1) is 17.3. The van der Waals surface area contributed by atoms with E-state index in [4.69, 9.17) is 0 Å². The molecule has 1 saturated carbocycles. The number of carbonyl (C=O) groups excluding carboxylic acids is 1. The number of piperidine rings is 1. The second-order valence-electron chi connectivity index (χ2n) is 8.01. The standard InChI is InChI=1S/C21H32N2O/c1-17(2)18-11-15-23(16-12-18)20(24)21(13-7-4-8-14-21)22-19-9-5-3-6-10-19/h3,5-6,9-10,17-18,22H,4,7-8,11-16H2,1-2H3. The van der Waals surface area contributed by atoms with Crippen LogP contribution in [-0.4, -0.2) is 29.4 Å². The van der Waals surface area contributed by atoms with Crippen LogP contribution in [0.3, 0.4) is 0 Å². The Morgan fingerprint density at radius 1 is 1.08 bits per heavy atom. The van der Waals surface area contributed by atoms with E-state index in [9.17, 15) is 4.79 Å². The van der Waals surface area contributed by atoms with Crippen molar-refractivity contribution >= 4 is 11.6 Å². The van der Waals surface area contributed by atoms with Crippen LogP contribution in [0.15, 0.2) is 30.3 Å². The van der Waals surface area contributed by atoms with Gasteiger partial charge < -0.3 is 10.2 Å². The quantitative estimate of drug-likeness (QED) is 0.869. The molecule has 0 atom stereocenters. The van der Waals surface area contributed by atoms with Crippen LogP contribution >= 0.6 is 0 Å². The molecule has 1 heterocycles. The number of rotatable bonds is 4. The summed E-state index contributed by atoms with van der Waals surface area (Å²) in [5.41, 5.74) is 0.689. The van der Waals surface area contributed by atoms with Gasteiger partial charge in [-0.15, -0.1) is 0 Å². The molecular formula is C21H32N2O. The molecule has 3 nitrogen and oxygen atoms in total. The zero-order valence-corrected chi connectivity index (χ0v) is 15.3. The van der Waals surface area contributed by atoms with Crippen molar-refractivity contribution in [2.75, 3.05) is 18.4 Å². The zero-order chi connectivity index (χ0) is 17.0. The van der Waals surface area contributed by atoms with Gasteiger partial charge in [0.2, 0.25) is 5.91 Å². The van der Waals surface area contributed by atoms with Gasteiger partial charge >= 0.3 is 0 Å². The van der Waals surface area contributed by atoms with E-state index in [2.05, 4.69) is 36.2 Å². The normalized spacial score (nSPS) is 21.7. The second-order valence-corrected chi connectivity index (χ2v) is 8.01. The summed E-state index contributed by atoms with van der Waals surface area (Å²) < 4.78 is 0. The third-order valence-corrected chi connectivity index (χ3v) is 6.04. The highest BCUT2D eigenvalue weighted by Gasteiger charge is 2.42. The van der Waals surface area contributed by atoms with Crippen molar-refractivity contribution in [3.8, 4) is 0 Å². The molecule has 1 aliphatic heterocycles. The highest BCUT2D eigenvalue weighted by molar-refractivity contribution is 5.89. The average Bonchev–Trinajstić information content (AvgIpc) is 2.63. The van der Waals surface area contributed by atoms with Crippen LogP contribution in [0.5, 0.6) is 0 Å². The minimum absolute atomic E-state index is 0.341. The molecule has 3 heteroatoms. The van der Waals surface area contributed by atoms with E-state index in [-0.39, 0.29) is 5.54 Å². The van der Waals surface area contributed by atoms with E-state index in [1.54, 1.807) is 0 Å². The fraction of sp³-hybridized carbons (Fsp3) is 0.667. The van der Waals surface area contributed by atoms with E-state index < -0.39 is 0 Å². The fourth-order valence-electron chi connectivity index (χ4n) is 4.42. The number of para-hydroxylation sites is 1. The van der Waals surface area contributed by atoms with E-state index >= 15 is 0 Å². The minimum atomic E-state index is -0.385. The van der Waals surface area contributed by atoms with E-state index in [1.807, 2.05) is 18.2 Å². The molecule has 0 unspecified atom stereocenters. The molecule has 1 N–H and O–H groups in total. The fourth-order valence-corrected chi connectivity index (χ4v) is 4.42. The number of nitrogens with zero attached hydrogens (tertiary/aromatic N) is 1. The van der Waals surface area contributed by atoms with E-state index in [0.717, 1.165) is 69.1 Å². The van der Waals surface area contributed by atoms with Gasteiger partial charge in [0.05, 0.1) is 0 Å². The molecule has 132 valence electrons. The maximum Gasteiger partial charge on any atom is 0.248 e. The minimum Gasteiger partial charge on any atom is -0.371 e. The van der Waals surface area contributed by atoms with Crippen molar-refractivity contribution in [2.24, 2.45) is 11.8 Å².